The summed E-state index contributed by atoms with van der Waals surface area (Å²) >= 11 is 0. The van der Waals surface area contributed by atoms with Crippen molar-refractivity contribution in [1.82, 2.24) is 4.90 Å². The molecule has 1 aromatic rings. The molecule has 0 radical (unpaired) electrons. The lowest BCUT2D eigenvalue weighted by Crippen LogP contribution is -2.54. The van der Waals surface area contributed by atoms with E-state index in [1.54, 1.807) is 7.11 Å². The quantitative estimate of drug-likeness (QED) is 0.754. The van der Waals surface area contributed by atoms with Gasteiger partial charge in [-0.1, -0.05) is 0 Å². The molecule has 4 nitrogen and oxygen atoms in total. The molecule has 0 bridgehead atoms. The van der Waals surface area contributed by atoms with Gasteiger partial charge in [-0.2, -0.15) is 0 Å². The van der Waals surface area contributed by atoms with Crippen molar-refractivity contribution in [2.24, 2.45) is 0 Å². The van der Waals surface area contributed by atoms with Crippen molar-refractivity contribution >= 4 is 5.69 Å². The summed E-state index contributed by atoms with van der Waals surface area (Å²) < 4.78 is 10.8. The third-order valence-electron chi connectivity index (χ3n) is 2.72. The molecular formula is C12H18N2O2. The van der Waals surface area contributed by atoms with E-state index in [1.807, 2.05) is 24.3 Å². The van der Waals surface area contributed by atoms with Crippen LogP contribution in [0.5, 0.6) is 5.75 Å². The summed E-state index contributed by atoms with van der Waals surface area (Å²) in [7, 11) is 1.72. The summed E-state index contributed by atoms with van der Waals surface area (Å²) in [5.41, 5.74) is 6.37. The first-order chi connectivity index (χ1) is 7.78. The van der Waals surface area contributed by atoms with Crippen LogP contribution in [0.3, 0.4) is 0 Å². The number of likely N-dealkylation sites (tertiary alicyclic amines) is 1. The van der Waals surface area contributed by atoms with Crippen LogP contribution in [0.1, 0.15) is 0 Å². The van der Waals surface area contributed by atoms with Crippen LogP contribution in [-0.2, 0) is 4.74 Å². The molecular weight excluding hydrogens is 204 g/mol. The van der Waals surface area contributed by atoms with Crippen molar-refractivity contribution in [3.05, 3.63) is 24.3 Å². The normalized spacial score (nSPS) is 17.1. The van der Waals surface area contributed by atoms with Gasteiger partial charge in [-0.25, -0.2) is 0 Å². The maximum Gasteiger partial charge on any atom is 0.124 e. The summed E-state index contributed by atoms with van der Waals surface area (Å²) in [6.45, 7) is 3.73. The van der Waals surface area contributed by atoms with Crippen LogP contribution in [0.4, 0.5) is 5.69 Å². The third-order valence-corrected chi connectivity index (χ3v) is 2.72. The van der Waals surface area contributed by atoms with E-state index >= 15 is 0 Å². The second-order valence-electron chi connectivity index (χ2n) is 4.06. The monoisotopic (exact) mass is 222 g/mol. The number of anilines is 1. The van der Waals surface area contributed by atoms with Crippen LogP contribution >= 0.6 is 0 Å². The summed E-state index contributed by atoms with van der Waals surface area (Å²) in [4.78, 5) is 2.31. The standard InChI is InChI=1S/C12H18N2O2/c1-15-7-6-14-8-12(9-14)16-11-4-2-10(13)3-5-11/h2-5,12H,6-9,13H2,1H3. The lowest BCUT2D eigenvalue weighted by Gasteiger charge is -2.38. The zero-order chi connectivity index (χ0) is 11.4. The Morgan fingerprint density at radius 3 is 2.62 bits per heavy atom. The van der Waals surface area contributed by atoms with Gasteiger partial charge in [0.05, 0.1) is 6.61 Å². The number of hydrogen-bond acceptors (Lipinski definition) is 4. The van der Waals surface area contributed by atoms with E-state index in [-0.39, 0.29) is 0 Å². The SMILES string of the molecule is COCCN1CC(Oc2ccc(N)cc2)C1. The van der Waals surface area contributed by atoms with Gasteiger partial charge in [0, 0.05) is 32.4 Å². The Kier molecular flexibility index (Phi) is 3.64. The molecule has 0 saturated carbocycles. The summed E-state index contributed by atoms with van der Waals surface area (Å²) in [6.07, 6.45) is 0.306. The first kappa shape index (κ1) is 11.2. The van der Waals surface area contributed by atoms with Crippen LogP contribution in [-0.4, -0.2) is 44.4 Å². The van der Waals surface area contributed by atoms with Crippen molar-refractivity contribution in [2.45, 2.75) is 6.10 Å². The van der Waals surface area contributed by atoms with E-state index in [0.29, 0.717) is 6.10 Å². The summed E-state index contributed by atoms with van der Waals surface area (Å²) in [5.74, 6) is 0.894. The predicted molar refractivity (Wildman–Crippen MR) is 63.6 cm³/mol. The van der Waals surface area contributed by atoms with Crippen molar-refractivity contribution in [3.8, 4) is 5.75 Å². The lowest BCUT2D eigenvalue weighted by molar-refractivity contribution is 0.00575. The third kappa shape index (κ3) is 2.87. The highest BCUT2D eigenvalue weighted by atomic mass is 16.5. The number of nitrogens with two attached hydrogens (primary N) is 1. The number of hydrogen-bond donors (Lipinski definition) is 1. The molecule has 4 heteroatoms. The van der Waals surface area contributed by atoms with Crippen molar-refractivity contribution in [1.29, 1.82) is 0 Å². The molecule has 0 aliphatic carbocycles. The Labute approximate surface area is 95.9 Å². The maximum atomic E-state index is 5.78. The van der Waals surface area contributed by atoms with Gasteiger partial charge in [0.15, 0.2) is 0 Å². The minimum Gasteiger partial charge on any atom is -0.488 e. The van der Waals surface area contributed by atoms with Gasteiger partial charge in [0.2, 0.25) is 0 Å². The molecule has 1 aliphatic heterocycles. The van der Waals surface area contributed by atoms with Gasteiger partial charge < -0.3 is 15.2 Å². The topological polar surface area (TPSA) is 47.7 Å². The molecule has 2 N–H and O–H groups in total. The number of rotatable bonds is 5. The number of methoxy groups -OCH3 is 1. The van der Waals surface area contributed by atoms with Crippen LogP contribution < -0.4 is 10.5 Å². The molecule has 1 saturated heterocycles. The summed E-state index contributed by atoms with van der Waals surface area (Å²) in [6, 6.07) is 7.54. The summed E-state index contributed by atoms with van der Waals surface area (Å²) in [5, 5.41) is 0. The van der Waals surface area contributed by atoms with E-state index in [4.69, 9.17) is 15.2 Å². The number of nitrogens with zero attached hydrogens (tertiary/aromatic N) is 1. The van der Waals surface area contributed by atoms with Crippen LogP contribution in [0, 0.1) is 0 Å². The molecule has 0 atom stereocenters. The maximum absolute atomic E-state index is 5.78. The molecule has 88 valence electrons. The van der Waals surface area contributed by atoms with E-state index in [2.05, 4.69) is 4.90 Å². The van der Waals surface area contributed by atoms with Crippen LogP contribution in [0.25, 0.3) is 0 Å². The molecule has 1 fully saturated rings. The number of ether oxygens (including phenoxy) is 2. The fourth-order valence-corrected chi connectivity index (χ4v) is 1.74. The highest BCUT2D eigenvalue weighted by Crippen LogP contribution is 2.18. The highest BCUT2D eigenvalue weighted by Gasteiger charge is 2.27. The Balaban J connectivity index is 1.71. The average molecular weight is 222 g/mol. The van der Waals surface area contributed by atoms with Gasteiger partial charge in [0.25, 0.3) is 0 Å². The minimum atomic E-state index is 0.306. The largest absolute Gasteiger partial charge is 0.488 e. The molecule has 0 amide bonds. The zero-order valence-electron chi connectivity index (χ0n) is 9.56. The van der Waals surface area contributed by atoms with Gasteiger partial charge in [-0.05, 0) is 24.3 Å². The van der Waals surface area contributed by atoms with Gasteiger partial charge in [-0.3, -0.25) is 4.90 Å². The molecule has 1 heterocycles. The van der Waals surface area contributed by atoms with Crippen molar-refractivity contribution < 1.29 is 9.47 Å². The number of nitrogen functional groups attached to an aromatic ring is 1. The predicted octanol–water partition coefficient (Wildman–Crippen LogP) is 0.978. The Morgan fingerprint density at radius 2 is 2.00 bits per heavy atom. The van der Waals surface area contributed by atoms with E-state index in [1.165, 1.54) is 0 Å². The molecule has 16 heavy (non-hydrogen) atoms. The molecule has 0 spiro atoms. The molecule has 1 aliphatic rings. The molecule has 0 aromatic heterocycles. The fraction of sp³-hybridized carbons (Fsp3) is 0.500. The minimum absolute atomic E-state index is 0.306. The molecule has 2 rings (SSSR count). The second kappa shape index (κ2) is 5.18. The van der Waals surface area contributed by atoms with Gasteiger partial charge >= 0.3 is 0 Å². The molecule has 0 unspecified atom stereocenters. The van der Waals surface area contributed by atoms with Gasteiger partial charge in [-0.15, -0.1) is 0 Å². The lowest BCUT2D eigenvalue weighted by atomic mass is 10.1. The van der Waals surface area contributed by atoms with E-state index in [0.717, 1.165) is 37.7 Å². The first-order valence-electron chi connectivity index (χ1n) is 5.51. The van der Waals surface area contributed by atoms with E-state index in [9.17, 15) is 0 Å². The fourth-order valence-electron chi connectivity index (χ4n) is 1.74. The first-order valence-corrected chi connectivity index (χ1v) is 5.51. The Hall–Kier alpha value is -1.26. The average Bonchev–Trinajstić information content (AvgIpc) is 2.24. The number of benzene rings is 1. The Morgan fingerprint density at radius 1 is 1.31 bits per heavy atom. The van der Waals surface area contributed by atoms with Gasteiger partial charge in [0.1, 0.15) is 11.9 Å². The Bertz CT molecular complexity index is 320. The highest BCUT2D eigenvalue weighted by molar-refractivity contribution is 5.41. The van der Waals surface area contributed by atoms with Crippen molar-refractivity contribution in [3.63, 3.8) is 0 Å². The second-order valence-corrected chi connectivity index (χ2v) is 4.06. The van der Waals surface area contributed by atoms with Crippen LogP contribution in [0.15, 0.2) is 24.3 Å². The van der Waals surface area contributed by atoms with Crippen molar-refractivity contribution in [2.75, 3.05) is 39.1 Å². The van der Waals surface area contributed by atoms with E-state index < -0.39 is 0 Å². The molecule has 1 aromatic carbocycles. The van der Waals surface area contributed by atoms with Crippen LogP contribution in [0.2, 0.25) is 0 Å². The smallest absolute Gasteiger partial charge is 0.124 e. The zero-order valence-corrected chi connectivity index (χ0v) is 9.56.